The Hall–Kier alpha value is -1.94. The standard InChI is InChI=1S/C13H7ClF2N2/c14-8-3-4-18-7-12(17-13(18)5-8)10-2-1-9(15)6-11(10)16/h1-7H. The van der Waals surface area contributed by atoms with Gasteiger partial charge in [-0.05, 0) is 18.2 Å². The zero-order valence-electron chi connectivity index (χ0n) is 9.07. The number of hydrogen-bond acceptors (Lipinski definition) is 1. The first-order chi connectivity index (χ1) is 8.63. The molecular weight excluding hydrogens is 258 g/mol. The maximum atomic E-state index is 13.6. The van der Waals surface area contributed by atoms with Crippen molar-refractivity contribution in [3.8, 4) is 11.3 Å². The maximum absolute atomic E-state index is 13.6. The predicted molar refractivity (Wildman–Crippen MR) is 65.6 cm³/mol. The molecule has 3 rings (SSSR count). The Morgan fingerprint density at radius 3 is 2.72 bits per heavy atom. The Morgan fingerprint density at radius 1 is 1.11 bits per heavy atom. The summed E-state index contributed by atoms with van der Waals surface area (Å²) in [5, 5.41) is 0.555. The molecule has 0 fully saturated rings. The molecule has 3 aromatic rings. The van der Waals surface area contributed by atoms with Crippen LogP contribution in [0.25, 0.3) is 16.9 Å². The number of halogens is 3. The van der Waals surface area contributed by atoms with Crippen LogP contribution in [0.2, 0.25) is 5.02 Å². The number of fused-ring (bicyclic) bond motifs is 1. The highest BCUT2D eigenvalue weighted by Gasteiger charge is 2.10. The minimum absolute atomic E-state index is 0.260. The molecule has 0 unspecified atom stereocenters. The quantitative estimate of drug-likeness (QED) is 0.651. The van der Waals surface area contributed by atoms with Gasteiger partial charge in [0.25, 0.3) is 0 Å². The first-order valence-corrected chi connectivity index (χ1v) is 5.61. The van der Waals surface area contributed by atoms with E-state index in [9.17, 15) is 8.78 Å². The van der Waals surface area contributed by atoms with E-state index in [1.54, 1.807) is 28.9 Å². The van der Waals surface area contributed by atoms with Gasteiger partial charge in [0.2, 0.25) is 0 Å². The van der Waals surface area contributed by atoms with Gasteiger partial charge < -0.3 is 4.40 Å². The molecule has 0 aliphatic carbocycles. The van der Waals surface area contributed by atoms with Gasteiger partial charge in [-0.3, -0.25) is 0 Å². The van der Waals surface area contributed by atoms with Crippen molar-refractivity contribution >= 4 is 17.2 Å². The average molecular weight is 265 g/mol. The Labute approximate surface area is 106 Å². The van der Waals surface area contributed by atoms with E-state index < -0.39 is 11.6 Å². The van der Waals surface area contributed by atoms with Crippen LogP contribution in [0.4, 0.5) is 8.78 Å². The third-order valence-corrected chi connectivity index (χ3v) is 2.86. The summed E-state index contributed by atoms with van der Waals surface area (Å²) in [6, 6.07) is 6.79. The molecule has 2 heterocycles. The van der Waals surface area contributed by atoms with Crippen LogP contribution >= 0.6 is 11.6 Å². The van der Waals surface area contributed by atoms with Crippen LogP contribution in [-0.2, 0) is 0 Å². The second-order valence-electron chi connectivity index (χ2n) is 3.86. The van der Waals surface area contributed by atoms with Gasteiger partial charge in [0.1, 0.15) is 17.3 Å². The van der Waals surface area contributed by atoms with Crippen molar-refractivity contribution in [3.05, 3.63) is 59.4 Å². The van der Waals surface area contributed by atoms with Crippen LogP contribution in [-0.4, -0.2) is 9.38 Å². The smallest absolute Gasteiger partial charge is 0.138 e. The third kappa shape index (κ3) is 1.84. The number of rotatable bonds is 1. The van der Waals surface area contributed by atoms with E-state index >= 15 is 0 Å². The Kier molecular flexibility index (Phi) is 2.52. The van der Waals surface area contributed by atoms with Crippen LogP contribution in [0.15, 0.2) is 42.7 Å². The summed E-state index contributed by atoms with van der Waals surface area (Å²) in [6.07, 6.45) is 3.40. The highest BCUT2D eigenvalue weighted by molar-refractivity contribution is 6.30. The van der Waals surface area contributed by atoms with Gasteiger partial charge >= 0.3 is 0 Å². The summed E-state index contributed by atoms with van der Waals surface area (Å²) in [4.78, 5) is 4.25. The molecule has 0 aliphatic rings. The number of imidazole rings is 1. The minimum atomic E-state index is -0.635. The number of aromatic nitrogens is 2. The Balaban J connectivity index is 2.19. The lowest BCUT2D eigenvalue weighted by atomic mass is 10.1. The van der Waals surface area contributed by atoms with Gasteiger partial charge in [-0.1, -0.05) is 11.6 Å². The molecule has 0 bridgehead atoms. The van der Waals surface area contributed by atoms with E-state index in [1.165, 1.54) is 12.1 Å². The molecule has 2 aromatic heterocycles. The molecule has 0 radical (unpaired) electrons. The molecule has 0 spiro atoms. The van der Waals surface area contributed by atoms with E-state index in [0.29, 0.717) is 16.4 Å². The van der Waals surface area contributed by atoms with Gasteiger partial charge in [0, 0.05) is 35.1 Å². The normalized spacial score (nSPS) is 11.1. The zero-order chi connectivity index (χ0) is 12.7. The van der Waals surface area contributed by atoms with Gasteiger partial charge in [-0.15, -0.1) is 0 Å². The lowest BCUT2D eigenvalue weighted by molar-refractivity contribution is 0.585. The second-order valence-corrected chi connectivity index (χ2v) is 4.30. The van der Waals surface area contributed by atoms with E-state index in [4.69, 9.17) is 11.6 Å². The molecule has 0 saturated heterocycles. The van der Waals surface area contributed by atoms with Crippen LogP contribution < -0.4 is 0 Å². The molecular formula is C13H7ClF2N2. The summed E-state index contributed by atoms with van der Waals surface area (Å²) >= 11 is 5.85. The van der Waals surface area contributed by atoms with Crippen molar-refractivity contribution < 1.29 is 8.78 Å². The highest BCUT2D eigenvalue weighted by atomic mass is 35.5. The molecule has 18 heavy (non-hydrogen) atoms. The first kappa shape index (κ1) is 11.2. The average Bonchev–Trinajstić information content (AvgIpc) is 2.71. The summed E-state index contributed by atoms with van der Waals surface area (Å²) in [7, 11) is 0. The summed E-state index contributed by atoms with van der Waals surface area (Å²) < 4.78 is 28.2. The number of benzene rings is 1. The number of nitrogens with zero attached hydrogens (tertiary/aromatic N) is 2. The fraction of sp³-hybridized carbons (Fsp3) is 0. The lowest BCUT2D eigenvalue weighted by Crippen LogP contribution is -1.85. The van der Waals surface area contributed by atoms with Crippen LogP contribution in [0.5, 0.6) is 0 Å². The SMILES string of the molecule is Fc1ccc(-c2cn3ccc(Cl)cc3n2)c(F)c1. The number of hydrogen-bond donors (Lipinski definition) is 0. The summed E-state index contributed by atoms with van der Waals surface area (Å²) in [6.45, 7) is 0. The maximum Gasteiger partial charge on any atom is 0.138 e. The largest absolute Gasteiger partial charge is 0.306 e. The highest BCUT2D eigenvalue weighted by Crippen LogP contribution is 2.23. The van der Waals surface area contributed by atoms with Crippen LogP contribution in [0, 0.1) is 11.6 Å². The molecule has 5 heteroatoms. The van der Waals surface area contributed by atoms with Gasteiger partial charge in [0.05, 0.1) is 5.69 Å². The van der Waals surface area contributed by atoms with Crippen molar-refractivity contribution in [2.24, 2.45) is 0 Å². The molecule has 0 N–H and O–H groups in total. The third-order valence-electron chi connectivity index (χ3n) is 2.63. The fourth-order valence-corrected chi connectivity index (χ4v) is 1.94. The van der Waals surface area contributed by atoms with Crippen molar-refractivity contribution in [3.63, 3.8) is 0 Å². The summed E-state index contributed by atoms with van der Waals surface area (Å²) in [5.41, 5.74) is 1.31. The Morgan fingerprint density at radius 2 is 1.94 bits per heavy atom. The van der Waals surface area contributed by atoms with Crippen LogP contribution in [0.3, 0.4) is 0 Å². The van der Waals surface area contributed by atoms with Gasteiger partial charge in [0.15, 0.2) is 0 Å². The van der Waals surface area contributed by atoms with Crippen molar-refractivity contribution in [2.75, 3.05) is 0 Å². The van der Waals surface area contributed by atoms with Crippen LogP contribution in [0.1, 0.15) is 0 Å². The van der Waals surface area contributed by atoms with Gasteiger partial charge in [-0.25, -0.2) is 13.8 Å². The topological polar surface area (TPSA) is 17.3 Å². The molecule has 2 nitrogen and oxygen atoms in total. The van der Waals surface area contributed by atoms with E-state index in [-0.39, 0.29) is 5.56 Å². The minimum Gasteiger partial charge on any atom is -0.306 e. The van der Waals surface area contributed by atoms with E-state index in [2.05, 4.69) is 4.98 Å². The molecule has 0 aliphatic heterocycles. The second kappa shape index (κ2) is 4.07. The zero-order valence-corrected chi connectivity index (χ0v) is 9.83. The van der Waals surface area contributed by atoms with E-state index in [1.807, 2.05) is 0 Å². The first-order valence-electron chi connectivity index (χ1n) is 5.23. The molecule has 0 atom stereocenters. The van der Waals surface area contributed by atoms with Crippen molar-refractivity contribution in [1.29, 1.82) is 0 Å². The van der Waals surface area contributed by atoms with E-state index in [0.717, 1.165) is 6.07 Å². The van der Waals surface area contributed by atoms with Gasteiger partial charge in [-0.2, -0.15) is 0 Å². The molecule has 0 amide bonds. The monoisotopic (exact) mass is 264 g/mol. The number of pyridine rings is 1. The lowest BCUT2D eigenvalue weighted by Gasteiger charge is -1.98. The molecule has 1 aromatic carbocycles. The predicted octanol–water partition coefficient (Wildman–Crippen LogP) is 3.93. The fourth-order valence-electron chi connectivity index (χ4n) is 1.78. The van der Waals surface area contributed by atoms with Crippen molar-refractivity contribution in [2.45, 2.75) is 0 Å². The molecule has 0 saturated carbocycles. The molecule has 90 valence electrons. The Bertz CT molecular complexity index is 737. The van der Waals surface area contributed by atoms with Crippen molar-refractivity contribution in [1.82, 2.24) is 9.38 Å². The summed E-state index contributed by atoms with van der Waals surface area (Å²) in [5.74, 6) is -1.24.